The fourth-order valence-electron chi connectivity index (χ4n) is 7.80. The third-order valence-corrected chi connectivity index (χ3v) is 12.1. The van der Waals surface area contributed by atoms with Gasteiger partial charge in [-0.25, -0.2) is 0 Å². The van der Waals surface area contributed by atoms with Crippen molar-refractivity contribution < 1.29 is 69.0 Å². The van der Waals surface area contributed by atoms with Crippen LogP contribution in [-0.2, 0) is 33.2 Å². The summed E-state index contributed by atoms with van der Waals surface area (Å²) < 4.78 is 34.3. The Morgan fingerprint density at radius 1 is 0.465 bits per heavy atom. The number of allylic oxidation sites excluding steroid dienone is 16. The molecule has 2 heterocycles. The molecule has 2 saturated heterocycles. The number of aliphatic hydroxyl groups excluding tert-OH is 7. The smallest absolute Gasteiger partial charge is 0.306 e. The zero-order valence-electron chi connectivity index (χ0n) is 43.2. The highest BCUT2D eigenvalue weighted by Crippen LogP contribution is 2.26. The fraction of sp³-hybridized carbons (Fsp3) is 0.702. The average Bonchev–Trinajstić information content (AvgIpc) is 3.37. The van der Waals surface area contributed by atoms with Crippen LogP contribution in [0.15, 0.2) is 97.2 Å². The minimum absolute atomic E-state index is 0.0362. The summed E-state index contributed by atoms with van der Waals surface area (Å²) >= 11 is 0. The van der Waals surface area contributed by atoms with Gasteiger partial charge in [0.2, 0.25) is 0 Å². The number of aliphatic hydroxyl groups is 7. The molecule has 14 nitrogen and oxygen atoms in total. The zero-order chi connectivity index (χ0) is 51.6. The molecule has 14 heteroatoms. The van der Waals surface area contributed by atoms with Crippen LogP contribution in [0.4, 0.5) is 0 Å². The number of hydrogen-bond donors (Lipinski definition) is 7. The predicted molar refractivity (Wildman–Crippen MR) is 279 cm³/mol. The third kappa shape index (κ3) is 30.6. The highest BCUT2D eigenvalue weighted by molar-refractivity contribution is 5.69. The lowest BCUT2D eigenvalue weighted by Gasteiger charge is -2.42. The number of esters is 1. The van der Waals surface area contributed by atoms with Crippen molar-refractivity contribution in [2.75, 3.05) is 33.0 Å². The molecule has 11 atom stereocenters. The predicted octanol–water partition coefficient (Wildman–Crippen LogP) is 8.63. The number of carbonyl (C=O) groups excluding carboxylic acids is 1. The standard InChI is InChI=1S/C57H94O14/c1-3-5-7-9-11-13-15-17-19-21-23-24-26-28-30-32-34-36-38-40-49(59)69-46(43-66-41-39-37-35-33-31-29-27-25-22-20-18-16-14-12-10-8-6-4-2)44-67-56-55(65)53(63)51(61)48(71-56)45-68-57-54(64)52(62)50(60)47(42-58)70-57/h5-8,11-14,17-20,23-25,27,46-48,50-58,60-65H,3-4,9-10,15-16,21-22,26,28-45H2,1-2H3/b7-5-,8-6-,13-11-,14-12-,19-17-,20-18-,24-23-,27-25-. The first-order valence-electron chi connectivity index (χ1n) is 26.8. The molecule has 0 aromatic carbocycles. The topological polar surface area (TPSA) is 214 Å². The van der Waals surface area contributed by atoms with Gasteiger partial charge in [0, 0.05) is 13.0 Å². The SMILES string of the molecule is CC/C=C\C/C=C\C/C=C\C/C=C\CCCCCCCCC(=O)OC(COCCCCCCC/C=C\C/C=C\C/C=C\C/C=C\CC)COC1OC(COC2OC(CO)C(O)C(O)C2O)C(O)C(O)C1O. The molecule has 0 spiro atoms. The van der Waals surface area contributed by atoms with E-state index in [0.29, 0.717) is 13.0 Å². The van der Waals surface area contributed by atoms with Gasteiger partial charge in [0.25, 0.3) is 0 Å². The van der Waals surface area contributed by atoms with Gasteiger partial charge in [0.15, 0.2) is 12.6 Å². The van der Waals surface area contributed by atoms with E-state index in [0.717, 1.165) is 128 Å². The summed E-state index contributed by atoms with van der Waals surface area (Å²) in [4.78, 5) is 13.0. The molecular formula is C57H94O14. The van der Waals surface area contributed by atoms with Crippen molar-refractivity contribution >= 4 is 5.97 Å². The van der Waals surface area contributed by atoms with Crippen LogP contribution in [0.25, 0.3) is 0 Å². The Morgan fingerprint density at radius 2 is 0.873 bits per heavy atom. The van der Waals surface area contributed by atoms with E-state index in [1.54, 1.807) is 0 Å². The molecule has 0 aliphatic carbocycles. The van der Waals surface area contributed by atoms with E-state index in [-0.39, 0.29) is 19.6 Å². The van der Waals surface area contributed by atoms with Crippen LogP contribution >= 0.6 is 0 Å². The Bertz CT molecular complexity index is 1540. The molecule has 0 amide bonds. The first-order valence-corrected chi connectivity index (χ1v) is 26.8. The first-order chi connectivity index (χ1) is 34.6. The summed E-state index contributed by atoms with van der Waals surface area (Å²) in [6, 6.07) is 0. The van der Waals surface area contributed by atoms with Crippen LogP contribution in [0.1, 0.15) is 155 Å². The quantitative estimate of drug-likeness (QED) is 0.0174. The van der Waals surface area contributed by atoms with E-state index in [1.807, 2.05) is 0 Å². The van der Waals surface area contributed by atoms with Gasteiger partial charge in [-0.15, -0.1) is 0 Å². The molecule has 2 rings (SSSR count). The molecule has 0 bridgehead atoms. The van der Waals surface area contributed by atoms with Crippen LogP contribution in [0.3, 0.4) is 0 Å². The lowest BCUT2D eigenvalue weighted by molar-refractivity contribution is -0.332. The summed E-state index contributed by atoms with van der Waals surface area (Å²) in [5, 5.41) is 72.2. The first kappa shape index (κ1) is 64.0. The Balaban J connectivity index is 1.77. The van der Waals surface area contributed by atoms with Crippen molar-refractivity contribution in [2.24, 2.45) is 0 Å². The summed E-state index contributed by atoms with van der Waals surface area (Å²) in [6.45, 7) is 3.37. The molecule has 0 saturated carbocycles. The van der Waals surface area contributed by atoms with Gasteiger partial charge in [0.1, 0.15) is 54.9 Å². The second-order valence-electron chi connectivity index (χ2n) is 18.3. The van der Waals surface area contributed by atoms with E-state index in [2.05, 4.69) is 111 Å². The van der Waals surface area contributed by atoms with Crippen molar-refractivity contribution in [1.82, 2.24) is 0 Å². The normalized spacial score (nSPS) is 26.1. The van der Waals surface area contributed by atoms with Gasteiger partial charge in [-0.1, -0.05) is 156 Å². The van der Waals surface area contributed by atoms with Crippen LogP contribution < -0.4 is 0 Å². The Morgan fingerprint density at radius 3 is 1.37 bits per heavy atom. The summed E-state index contributed by atoms with van der Waals surface area (Å²) in [7, 11) is 0. The van der Waals surface area contributed by atoms with E-state index in [4.69, 9.17) is 28.4 Å². The van der Waals surface area contributed by atoms with Gasteiger partial charge >= 0.3 is 5.97 Å². The highest BCUT2D eigenvalue weighted by Gasteiger charge is 2.47. The number of ether oxygens (including phenoxy) is 6. The van der Waals surface area contributed by atoms with E-state index >= 15 is 0 Å². The molecule has 2 fully saturated rings. The summed E-state index contributed by atoms with van der Waals surface area (Å²) in [6.07, 6.45) is 40.3. The average molecular weight is 1000 g/mol. The number of unbranched alkanes of at least 4 members (excludes halogenated alkanes) is 11. The van der Waals surface area contributed by atoms with Gasteiger partial charge in [-0.3, -0.25) is 4.79 Å². The molecule has 71 heavy (non-hydrogen) atoms. The maximum atomic E-state index is 13.0. The van der Waals surface area contributed by atoms with Crippen molar-refractivity contribution in [3.63, 3.8) is 0 Å². The molecule has 406 valence electrons. The Hall–Kier alpha value is -3.09. The van der Waals surface area contributed by atoms with Crippen LogP contribution in [0.2, 0.25) is 0 Å². The van der Waals surface area contributed by atoms with Crippen LogP contribution in [0.5, 0.6) is 0 Å². The summed E-state index contributed by atoms with van der Waals surface area (Å²) in [5.41, 5.74) is 0. The lowest BCUT2D eigenvalue weighted by Crippen LogP contribution is -2.61. The maximum absolute atomic E-state index is 13.0. The summed E-state index contributed by atoms with van der Waals surface area (Å²) in [5.74, 6) is -0.402. The van der Waals surface area contributed by atoms with Crippen molar-refractivity contribution in [2.45, 2.75) is 223 Å². The van der Waals surface area contributed by atoms with Crippen molar-refractivity contribution in [3.8, 4) is 0 Å². The molecule has 7 N–H and O–H groups in total. The molecule has 0 radical (unpaired) electrons. The van der Waals surface area contributed by atoms with Gasteiger partial charge in [-0.05, 0) is 89.9 Å². The molecule has 0 aromatic heterocycles. The van der Waals surface area contributed by atoms with Crippen LogP contribution in [-0.4, -0.2) is 142 Å². The van der Waals surface area contributed by atoms with Crippen molar-refractivity contribution in [3.05, 3.63) is 97.2 Å². The number of carbonyl (C=O) groups is 1. The monoisotopic (exact) mass is 1000 g/mol. The van der Waals surface area contributed by atoms with Gasteiger partial charge in [0.05, 0.1) is 26.4 Å². The highest BCUT2D eigenvalue weighted by atomic mass is 16.7. The Kier molecular flexibility index (Phi) is 39.1. The molecule has 2 aliphatic heterocycles. The zero-order valence-corrected chi connectivity index (χ0v) is 43.2. The molecule has 2 aliphatic rings. The van der Waals surface area contributed by atoms with Gasteiger partial charge in [-0.2, -0.15) is 0 Å². The van der Waals surface area contributed by atoms with Crippen LogP contribution in [0, 0.1) is 0 Å². The molecular weight excluding hydrogens is 909 g/mol. The van der Waals surface area contributed by atoms with Crippen molar-refractivity contribution in [1.29, 1.82) is 0 Å². The van der Waals surface area contributed by atoms with E-state index < -0.39 is 86.7 Å². The minimum Gasteiger partial charge on any atom is -0.457 e. The molecule has 0 aromatic rings. The molecule has 11 unspecified atom stereocenters. The van der Waals surface area contributed by atoms with E-state index in [1.165, 1.54) is 0 Å². The minimum atomic E-state index is -1.72. The second-order valence-corrected chi connectivity index (χ2v) is 18.3. The number of hydrogen-bond acceptors (Lipinski definition) is 14. The van der Waals surface area contributed by atoms with Gasteiger partial charge < -0.3 is 64.2 Å². The lowest BCUT2D eigenvalue weighted by atomic mass is 9.98. The number of rotatable bonds is 41. The maximum Gasteiger partial charge on any atom is 0.306 e. The largest absolute Gasteiger partial charge is 0.457 e. The van der Waals surface area contributed by atoms with E-state index in [9.17, 15) is 40.5 Å². The third-order valence-electron chi connectivity index (χ3n) is 12.1. The second kappa shape index (κ2) is 43.3. The Labute approximate surface area is 426 Å². The fourth-order valence-corrected chi connectivity index (χ4v) is 7.80.